The first-order valence-corrected chi connectivity index (χ1v) is 12.1. The van der Waals surface area contributed by atoms with E-state index in [1.807, 2.05) is 17.3 Å². The number of aromatic amines is 1. The predicted molar refractivity (Wildman–Crippen MR) is 122 cm³/mol. The normalized spacial score (nSPS) is 27.8. The van der Waals surface area contributed by atoms with Crippen LogP contribution in [0.15, 0.2) is 18.5 Å². The van der Waals surface area contributed by atoms with Gasteiger partial charge in [0.2, 0.25) is 5.91 Å². The number of aromatic nitrogens is 4. The van der Waals surface area contributed by atoms with Gasteiger partial charge < -0.3 is 14.5 Å². The van der Waals surface area contributed by atoms with Gasteiger partial charge in [-0.2, -0.15) is 5.26 Å². The van der Waals surface area contributed by atoms with Crippen molar-refractivity contribution < 1.29 is 4.79 Å². The van der Waals surface area contributed by atoms with Gasteiger partial charge in [-0.3, -0.25) is 4.79 Å². The quantitative estimate of drug-likeness (QED) is 0.663. The number of carbonyl (C=O) groups excluding carboxylic acids is 1. The summed E-state index contributed by atoms with van der Waals surface area (Å²) in [5.74, 6) is 1.09. The van der Waals surface area contributed by atoms with Crippen LogP contribution >= 0.6 is 0 Å². The first-order chi connectivity index (χ1) is 15.6. The number of imidazole rings is 1. The Morgan fingerprint density at radius 2 is 1.88 bits per heavy atom. The first kappa shape index (κ1) is 19.8. The maximum Gasteiger partial charge on any atom is 0.230 e. The van der Waals surface area contributed by atoms with Crippen LogP contribution in [0.25, 0.3) is 22.1 Å². The number of pyridine rings is 1. The van der Waals surface area contributed by atoms with Crippen LogP contribution in [0.5, 0.6) is 0 Å². The zero-order chi connectivity index (χ0) is 21.8. The Morgan fingerprint density at radius 1 is 1.12 bits per heavy atom. The number of fused-ring (bicyclic) bond motifs is 6. The molecule has 166 valence electrons. The van der Waals surface area contributed by atoms with Crippen LogP contribution in [0.4, 0.5) is 0 Å². The zero-order valence-corrected chi connectivity index (χ0v) is 18.6. The zero-order valence-electron chi connectivity index (χ0n) is 18.6. The van der Waals surface area contributed by atoms with Crippen molar-refractivity contribution >= 4 is 28.0 Å². The first-order valence-electron chi connectivity index (χ1n) is 12.1. The SMILES string of the molecule is N#CCC12CCC(n3c(CC(=O)N4CCCCC4)nc4cnc5[nH]ccc5c43)(CC1)CC2. The van der Waals surface area contributed by atoms with Crippen molar-refractivity contribution in [3.05, 3.63) is 24.3 Å². The second-order valence-electron chi connectivity index (χ2n) is 10.3. The third kappa shape index (κ3) is 2.96. The largest absolute Gasteiger partial charge is 0.346 e. The van der Waals surface area contributed by atoms with Gasteiger partial charge >= 0.3 is 0 Å². The fourth-order valence-corrected chi connectivity index (χ4v) is 6.65. The Balaban J connectivity index is 1.45. The molecule has 3 aromatic heterocycles. The van der Waals surface area contributed by atoms with Crippen LogP contribution in [0.2, 0.25) is 0 Å². The van der Waals surface area contributed by atoms with Crippen LogP contribution in [-0.2, 0) is 16.8 Å². The van der Waals surface area contributed by atoms with Crippen molar-refractivity contribution in [3.63, 3.8) is 0 Å². The van der Waals surface area contributed by atoms with E-state index < -0.39 is 0 Å². The Hall–Kier alpha value is -2.88. The van der Waals surface area contributed by atoms with Gasteiger partial charge in [-0.1, -0.05) is 0 Å². The Bertz CT molecular complexity index is 1200. The number of hydrogen-bond donors (Lipinski definition) is 1. The van der Waals surface area contributed by atoms with Crippen LogP contribution in [-0.4, -0.2) is 43.4 Å². The molecule has 7 rings (SSSR count). The molecular weight excluding hydrogens is 400 g/mol. The smallest absolute Gasteiger partial charge is 0.230 e. The number of nitrogens with zero attached hydrogens (tertiary/aromatic N) is 5. The summed E-state index contributed by atoms with van der Waals surface area (Å²) >= 11 is 0. The molecule has 7 heteroatoms. The molecule has 1 saturated heterocycles. The van der Waals surface area contributed by atoms with E-state index in [0.29, 0.717) is 12.8 Å². The third-order valence-electron chi connectivity index (χ3n) is 8.58. The molecule has 3 aliphatic carbocycles. The fourth-order valence-electron chi connectivity index (χ4n) is 6.65. The lowest BCUT2D eigenvalue weighted by Gasteiger charge is -2.54. The number of carbonyl (C=O) groups is 1. The highest BCUT2D eigenvalue weighted by Crippen LogP contribution is 2.58. The van der Waals surface area contributed by atoms with Crippen molar-refractivity contribution in [1.82, 2.24) is 24.4 Å². The van der Waals surface area contributed by atoms with E-state index in [4.69, 9.17) is 4.98 Å². The topological polar surface area (TPSA) is 90.6 Å². The summed E-state index contributed by atoms with van der Waals surface area (Å²) in [5, 5.41) is 10.4. The molecule has 0 radical (unpaired) electrons. The summed E-state index contributed by atoms with van der Waals surface area (Å²) in [6, 6.07) is 4.53. The summed E-state index contributed by atoms with van der Waals surface area (Å²) in [6.45, 7) is 1.73. The van der Waals surface area contributed by atoms with Gasteiger partial charge in [-0.05, 0) is 69.3 Å². The second-order valence-corrected chi connectivity index (χ2v) is 10.3. The second kappa shape index (κ2) is 7.33. The summed E-state index contributed by atoms with van der Waals surface area (Å²) in [6.07, 6.45) is 14.6. The van der Waals surface area contributed by atoms with Gasteiger partial charge in [0.15, 0.2) is 0 Å². The van der Waals surface area contributed by atoms with Crippen molar-refractivity contribution in [1.29, 1.82) is 5.26 Å². The van der Waals surface area contributed by atoms with Gasteiger partial charge in [-0.25, -0.2) is 9.97 Å². The molecule has 4 heterocycles. The molecule has 1 amide bonds. The molecule has 0 spiro atoms. The van der Waals surface area contributed by atoms with Crippen LogP contribution in [0.3, 0.4) is 0 Å². The molecule has 0 unspecified atom stereocenters. The summed E-state index contributed by atoms with van der Waals surface area (Å²) in [5.41, 5.74) is 3.05. The van der Waals surface area contributed by atoms with Gasteiger partial charge in [0, 0.05) is 36.6 Å². The molecular formula is C25H30N6O. The van der Waals surface area contributed by atoms with Crippen molar-refractivity contribution in [3.8, 4) is 6.07 Å². The monoisotopic (exact) mass is 430 g/mol. The molecule has 32 heavy (non-hydrogen) atoms. The van der Waals surface area contributed by atoms with E-state index in [1.54, 1.807) is 0 Å². The van der Waals surface area contributed by atoms with Crippen LogP contribution in [0.1, 0.15) is 70.0 Å². The lowest BCUT2D eigenvalue weighted by molar-refractivity contribution is -0.131. The van der Waals surface area contributed by atoms with Crippen LogP contribution < -0.4 is 0 Å². The molecule has 4 aliphatic rings. The molecule has 3 aromatic rings. The van der Waals surface area contributed by atoms with Crippen molar-refractivity contribution in [2.75, 3.05) is 13.1 Å². The van der Waals surface area contributed by atoms with Crippen molar-refractivity contribution in [2.24, 2.45) is 5.41 Å². The Morgan fingerprint density at radius 3 is 2.59 bits per heavy atom. The average Bonchev–Trinajstić information content (AvgIpc) is 3.45. The standard InChI is InChI=1S/C25H30N6O/c26-12-11-24-5-8-25(9-6-24,10-7-24)31-20(16-21(32)30-14-2-1-3-15-30)29-19-17-28-23-18(22(19)31)4-13-27-23/h4,13,17H,1-3,5-11,14-16H2,(H,27,28). The van der Waals surface area contributed by atoms with E-state index in [2.05, 4.69) is 26.7 Å². The highest BCUT2D eigenvalue weighted by Gasteiger charge is 2.50. The number of piperidine rings is 1. The van der Waals surface area contributed by atoms with E-state index in [0.717, 1.165) is 92.3 Å². The summed E-state index contributed by atoms with van der Waals surface area (Å²) in [7, 11) is 0. The molecule has 3 saturated carbocycles. The minimum absolute atomic E-state index is 0.0188. The Kier molecular flexibility index (Phi) is 4.53. The van der Waals surface area contributed by atoms with Gasteiger partial charge in [0.05, 0.1) is 24.2 Å². The highest BCUT2D eigenvalue weighted by molar-refractivity contribution is 6.01. The average molecular weight is 431 g/mol. The minimum Gasteiger partial charge on any atom is -0.346 e. The number of nitriles is 1. The minimum atomic E-state index is -0.0188. The molecule has 0 aromatic carbocycles. The molecule has 0 atom stereocenters. The summed E-state index contributed by atoms with van der Waals surface area (Å²) < 4.78 is 2.44. The number of nitrogens with one attached hydrogen (secondary N) is 1. The highest BCUT2D eigenvalue weighted by atomic mass is 16.2. The number of H-pyrrole nitrogens is 1. The lowest BCUT2D eigenvalue weighted by atomic mass is 9.56. The number of rotatable bonds is 4. The van der Waals surface area contributed by atoms with E-state index in [9.17, 15) is 10.1 Å². The van der Waals surface area contributed by atoms with Gasteiger partial charge in [0.1, 0.15) is 17.0 Å². The predicted octanol–water partition coefficient (Wildman–Crippen LogP) is 4.43. The molecule has 1 N–H and O–H groups in total. The van der Waals surface area contributed by atoms with Crippen LogP contribution in [0, 0.1) is 16.7 Å². The maximum atomic E-state index is 13.2. The van der Waals surface area contributed by atoms with Crippen molar-refractivity contribution in [2.45, 2.75) is 76.2 Å². The van der Waals surface area contributed by atoms with E-state index in [-0.39, 0.29) is 16.9 Å². The third-order valence-corrected chi connectivity index (χ3v) is 8.58. The van der Waals surface area contributed by atoms with Gasteiger partial charge in [0.25, 0.3) is 0 Å². The lowest BCUT2D eigenvalue weighted by Crippen LogP contribution is -2.48. The Labute approximate surface area is 187 Å². The van der Waals surface area contributed by atoms with E-state index in [1.165, 1.54) is 6.42 Å². The molecule has 7 nitrogen and oxygen atoms in total. The molecule has 1 aliphatic heterocycles. The molecule has 4 fully saturated rings. The fraction of sp³-hybridized carbons (Fsp3) is 0.600. The number of likely N-dealkylation sites (tertiary alicyclic amines) is 1. The number of hydrogen-bond acceptors (Lipinski definition) is 4. The van der Waals surface area contributed by atoms with E-state index >= 15 is 0 Å². The summed E-state index contributed by atoms with van der Waals surface area (Å²) in [4.78, 5) is 28.1. The maximum absolute atomic E-state index is 13.2. The van der Waals surface area contributed by atoms with Gasteiger partial charge in [-0.15, -0.1) is 0 Å². The molecule has 2 bridgehead atoms. The number of amides is 1.